The van der Waals surface area contributed by atoms with Crippen LogP contribution in [0.25, 0.3) is 0 Å². The first-order chi connectivity index (χ1) is 9.01. The molecule has 0 spiro atoms. The highest BCUT2D eigenvalue weighted by atomic mass is 16.4. The normalized spacial score (nSPS) is 11.9. The number of carboxylic acids is 1. The lowest BCUT2D eigenvalue weighted by Gasteiger charge is -2.24. The van der Waals surface area contributed by atoms with Gasteiger partial charge < -0.3 is 15.7 Å². The van der Waals surface area contributed by atoms with Gasteiger partial charge in [0.25, 0.3) is 0 Å². The topological polar surface area (TPSA) is 83.6 Å². The average molecular weight is 264 g/mol. The van der Waals surface area contributed by atoms with E-state index in [1.54, 1.807) is 6.92 Å². The summed E-state index contributed by atoms with van der Waals surface area (Å²) in [4.78, 5) is 24.4. The van der Waals surface area contributed by atoms with Crippen molar-refractivity contribution in [3.63, 3.8) is 0 Å². The van der Waals surface area contributed by atoms with Crippen LogP contribution >= 0.6 is 0 Å². The molecular formula is C14H20N2O3. The van der Waals surface area contributed by atoms with Gasteiger partial charge in [-0.2, -0.15) is 0 Å². The van der Waals surface area contributed by atoms with Crippen molar-refractivity contribution in [2.24, 2.45) is 5.73 Å². The summed E-state index contributed by atoms with van der Waals surface area (Å²) in [5, 5.41) is 9.05. The van der Waals surface area contributed by atoms with E-state index in [0.717, 1.165) is 11.1 Å². The van der Waals surface area contributed by atoms with Crippen molar-refractivity contribution in [3.8, 4) is 0 Å². The Morgan fingerprint density at radius 2 is 1.89 bits per heavy atom. The van der Waals surface area contributed by atoms with Gasteiger partial charge in [-0.05, 0) is 17.5 Å². The number of carbonyl (C=O) groups is 2. The third-order valence-electron chi connectivity index (χ3n) is 3.21. The maximum atomic E-state index is 12.1. The van der Waals surface area contributed by atoms with Crippen molar-refractivity contribution >= 4 is 11.9 Å². The van der Waals surface area contributed by atoms with Crippen molar-refractivity contribution in [1.29, 1.82) is 0 Å². The molecule has 1 aromatic carbocycles. The number of carbonyl (C=O) groups excluding carboxylic acids is 1. The molecule has 104 valence electrons. The van der Waals surface area contributed by atoms with E-state index in [2.05, 4.69) is 0 Å². The SMILES string of the molecule is CCC(C(=O)O)N(C)C(=O)Cc1ccccc1CN. The van der Waals surface area contributed by atoms with Gasteiger partial charge >= 0.3 is 5.97 Å². The summed E-state index contributed by atoms with van der Waals surface area (Å²) >= 11 is 0. The number of hydrogen-bond acceptors (Lipinski definition) is 3. The molecule has 0 aromatic heterocycles. The number of carboxylic acid groups (broad SMARTS) is 1. The van der Waals surface area contributed by atoms with Gasteiger partial charge in [-0.15, -0.1) is 0 Å². The highest BCUT2D eigenvalue weighted by Gasteiger charge is 2.24. The summed E-state index contributed by atoms with van der Waals surface area (Å²) in [6.07, 6.45) is 0.559. The molecule has 0 aliphatic carbocycles. The molecule has 0 saturated heterocycles. The fourth-order valence-corrected chi connectivity index (χ4v) is 2.00. The Labute approximate surface area is 113 Å². The zero-order chi connectivity index (χ0) is 14.4. The van der Waals surface area contributed by atoms with Crippen LogP contribution in [-0.4, -0.2) is 35.0 Å². The molecule has 1 aromatic rings. The number of amides is 1. The zero-order valence-electron chi connectivity index (χ0n) is 11.3. The Balaban J connectivity index is 2.81. The van der Waals surface area contributed by atoms with Crippen LogP contribution in [-0.2, 0) is 22.6 Å². The van der Waals surface area contributed by atoms with Gasteiger partial charge in [0.05, 0.1) is 6.42 Å². The molecule has 0 aliphatic heterocycles. The molecule has 5 heteroatoms. The molecular weight excluding hydrogens is 244 g/mol. The molecule has 1 unspecified atom stereocenters. The van der Waals surface area contributed by atoms with Crippen molar-refractivity contribution in [1.82, 2.24) is 4.90 Å². The van der Waals surface area contributed by atoms with Crippen LogP contribution in [0.5, 0.6) is 0 Å². The molecule has 0 radical (unpaired) electrons. The second-order valence-corrected chi connectivity index (χ2v) is 4.42. The molecule has 1 amide bonds. The maximum Gasteiger partial charge on any atom is 0.326 e. The van der Waals surface area contributed by atoms with Gasteiger partial charge in [-0.25, -0.2) is 4.79 Å². The van der Waals surface area contributed by atoms with Gasteiger partial charge in [0.2, 0.25) is 5.91 Å². The fourth-order valence-electron chi connectivity index (χ4n) is 2.00. The first kappa shape index (κ1) is 15.2. The van der Waals surface area contributed by atoms with Crippen LogP contribution in [0.3, 0.4) is 0 Å². The molecule has 1 rings (SSSR count). The second kappa shape index (κ2) is 6.89. The Morgan fingerprint density at radius 3 is 2.37 bits per heavy atom. The van der Waals surface area contributed by atoms with Crippen LogP contribution in [0.15, 0.2) is 24.3 Å². The van der Waals surface area contributed by atoms with Crippen molar-refractivity contribution in [3.05, 3.63) is 35.4 Å². The predicted molar refractivity (Wildman–Crippen MR) is 72.5 cm³/mol. The minimum atomic E-state index is -0.981. The van der Waals surface area contributed by atoms with Gasteiger partial charge in [-0.1, -0.05) is 31.2 Å². The first-order valence-electron chi connectivity index (χ1n) is 6.26. The minimum Gasteiger partial charge on any atom is -0.480 e. The van der Waals surface area contributed by atoms with E-state index in [1.165, 1.54) is 11.9 Å². The van der Waals surface area contributed by atoms with Crippen LogP contribution < -0.4 is 5.73 Å². The molecule has 3 N–H and O–H groups in total. The molecule has 0 aliphatic rings. The molecule has 5 nitrogen and oxygen atoms in total. The van der Waals surface area contributed by atoms with E-state index in [1.807, 2.05) is 24.3 Å². The number of hydrogen-bond donors (Lipinski definition) is 2. The highest BCUT2D eigenvalue weighted by Crippen LogP contribution is 2.12. The summed E-state index contributed by atoms with van der Waals surface area (Å²) in [6, 6.07) is 6.65. The number of aliphatic carboxylic acids is 1. The quantitative estimate of drug-likeness (QED) is 0.803. The highest BCUT2D eigenvalue weighted by molar-refractivity contribution is 5.84. The number of nitrogens with zero attached hydrogens (tertiary/aromatic N) is 1. The van der Waals surface area contributed by atoms with Crippen LogP contribution in [0.4, 0.5) is 0 Å². The van der Waals surface area contributed by atoms with Crippen molar-refractivity contribution in [2.45, 2.75) is 32.4 Å². The third kappa shape index (κ3) is 3.79. The Morgan fingerprint density at radius 1 is 1.32 bits per heavy atom. The van der Waals surface area contributed by atoms with E-state index in [9.17, 15) is 9.59 Å². The Kier molecular flexibility index (Phi) is 5.51. The Bertz CT molecular complexity index is 460. The van der Waals surface area contributed by atoms with Crippen molar-refractivity contribution < 1.29 is 14.7 Å². The van der Waals surface area contributed by atoms with E-state index < -0.39 is 12.0 Å². The minimum absolute atomic E-state index is 0.174. The summed E-state index contributed by atoms with van der Waals surface area (Å²) in [5.41, 5.74) is 7.38. The van der Waals surface area contributed by atoms with E-state index in [4.69, 9.17) is 10.8 Å². The molecule has 0 heterocycles. The van der Waals surface area contributed by atoms with Gasteiger partial charge in [0.1, 0.15) is 6.04 Å². The summed E-state index contributed by atoms with van der Waals surface area (Å²) in [7, 11) is 1.52. The van der Waals surface area contributed by atoms with Crippen molar-refractivity contribution in [2.75, 3.05) is 7.05 Å². The lowest BCUT2D eigenvalue weighted by Crippen LogP contribution is -2.42. The standard InChI is InChI=1S/C14H20N2O3/c1-3-12(14(18)19)16(2)13(17)8-10-6-4-5-7-11(10)9-15/h4-7,12H,3,8-9,15H2,1-2H3,(H,18,19). The number of likely N-dealkylation sites (N-methyl/N-ethyl adjacent to an activating group) is 1. The largest absolute Gasteiger partial charge is 0.480 e. The van der Waals surface area contributed by atoms with E-state index in [-0.39, 0.29) is 12.3 Å². The summed E-state index contributed by atoms with van der Waals surface area (Å²) in [5.74, 6) is -1.19. The summed E-state index contributed by atoms with van der Waals surface area (Å²) in [6.45, 7) is 2.11. The lowest BCUT2D eigenvalue weighted by atomic mass is 10.0. The fraction of sp³-hybridized carbons (Fsp3) is 0.429. The predicted octanol–water partition coefficient (Wildman–Crippen LogP) is 1.01. The monoisotopic (exact) mass is 264 g/mol. The third-order valence-corrected chi connectivity index (χ3v) is 3.21. The number of benzene rings is 1. The van der Waals surface area contributed by atoms with Gasteiger partial charge in [0.15, 0.2) is 0 Å². The zero-order valence-corrected chi connectivity index (χ0v) is 11.3. The van der Waals surface area contributed by atoms with E-state index >= 15 is 0 Å². The lowest BCUT2D eigenvalue weighted by molar-refractivity contribution is -0.148. The summed E-state index contributed by atoms with van der Waals surface area (Å²) < 4.78 is 0. The molecule has 0 fully saturated rings. The molecule has 0 saturated carbocycles. The smallest absolute Gasteiger partial charge is 0.326 e. The molecule has 0 bridgehead atoms. The van der Waals surface area contributed by atoms with Crippen LogP contribution in [0, 0.1) is 0 Å². The second-order valence-electron chi connectivity index (χ2n) is 4.42. The van der Waals surface area contributed by atoms with Gasteiger partial charge in [-0.3, -0.25) is 4.79 Å². The average Bonchev–Trinajstić information content (AvgIpc) is 2.39. The maximum absolute atomic E-state index is 12.1. The number of rotatable bonds is 6. The molecule has 19 heavy (non-hydrogen) atoms. The Hall–Kier alpha value is -1.88. The number of nitrogens with two attached hydrogens (primary N) is 1. The first-order valence-corrected chi connectivity index (χ1v) is 6.26. The van der Waals surface area contributed by atoms with Gasteiger partial charge in [0, 0.05) is 13.6 Å². The molecule has 1 atom stereocenters. The van der Waals surface area contributed by atoms with E-state index in [0.29, 0.717) is 13.0 Å². The van der Waals surface area contributed by atoms with Crippen LogP contribution in [0.1, 0.15) is 24.5 Å². The van der Waals surface area contributed by atoms with Crippen LogP contribution in [0.2, 0.25) is 0 Å².